The van der Waals surface area contributed by atoms with Crippen molar-refractivity contribution in [1.29, 1.82) is 0 Å². The number of hydrogen-bond donors (Lipinski definition) is 1. The molecule has 6 heteroatoms. The van der Waals surface area contributed by atoms with E-state index < -0.39 is 0 Å². The molecule has 21 heavy (non-hydrogen) atoms. The summed E-state index contributed by atoms with van der Waals surface area (Å²) >= 11 is 0. The van der Waals surface area contributed by atoms with Gasteiger partial charge in [0.15, 0.2) is 6.61 Å². The second-order valence-electron chi connectivity index (χ2n) is 4.58. The summed E-state index contributed by atoms with van der Waals surface area (Å²) < 4.78 is 9.21. The maximum atomic E-state index is 11.7. The fourth-order valence-corrected chi connectivity index (χ4v) is 2.09. The fraction of sp³-hybridized carbons (Fsp3) is 0.200. The lowest BCUT2D eigenvalue weighted by atomic mass is 10.3. The third kappa shape index (κ3) is 3.22. The van der Waals surface area contributed by atoms with E-state index in [0.717, 1.165) is 5.65 Å². The van der Waals surface area contributed by atoms with Crippen LogP contribution in [0.5, 0.6) is 5.75 Å². The Morgan fingerprint density at radius 2 is 2.05 bits per heavy atom. The van der Waals surface area contributed by atoms with Gasteiger partial charge in [-0.15, -0.1) is 0 Å². The number of carbonyl (C=O) groups is 1. The average Bonchev–Trinajstić information content (AvgIpc) is 3.11. The summed E-state index contributed by atoms with van der Waals surface area (Å²) in [6.07, 6.45) is 5.57. The highest BCUT2D eigenvalue weighted by atomic mass is 16.5. The predicted octanol–water partition coefficient (Wildman–Crippen LogP) is 1.33. The van der Waals surface area contributed by atoms with Crippen molar-refractivity contribution in [3.05, 3.63) is 55.0 Å². The average molecular weight is 284 g/mol. The van der Waals surface area contributed by atoms with Crippen molar-refractivity contribution in [3.8, 4) is 5.75 Å². The van der Waals surface area contributed by atoms with E-state index >= 15 is 0 Å². The van der Waals surface area contributed by atoms with Gasteiger partial charge in [-0.25, -0.2) is 4.52 Å². The Morgan fingerprint density at radius 1 is 1.19 bits per heavy atom. The highest BCUT2D eigenvalue weighted by Gasteiger charge is 2.04. The van der Waals surface area contributed by atoms with Crippen molar-refractivity contribution in [2.75, 3.05) is 13.2 Å². The molecule has 1 amide bonds. The van der Waals surface area contributed by atoms with Gasteiger partial charge in [0.1, 0.15) is 11.4 Å². The molecule has 0 saturated heterocycles. The van der Waals surface area contributed by atoms with Crippen LogP contribution in [0.15, 0.2) is 55.0 Å². The maximum absolute atomic E-state index is 11.7. The van der Waals surface area contributed by atoms with E-state index in [0.29, 0.717) is 18.8 Å². The minimum atomic E-state index is -0.129. The molecular formula is C15H16N4O2. The number of fused-ring (bicyclic) bond motifs is 1. The van der Waals surface area contributed by atoms with Crippen LogP contribution in [-0.2, 0) is 11.3 Å². The van der Waals surface area contributed by atoms with Crippen LogP contribution in [0, 0.1) is 0 Å². The first-order valence-corrected chi connectivity index (χ1v) is 6.76. The number of hydrogen-bond acceptors (Lipinski definition) is 3. The molecule has 0 aliphatic carbocycles. The molecule has 0 bridgehead atoms. The zero-order chi connectivity index (χ0) is 14.5. The van der Waals surface area contributed by atoms with Crippen LogP contribution in [0.4, 0.5) is 0 Å². The molecule has 0 unspecified atom stereocenters. The molecule has 0 aliphatic rings. The highest BCUT2D eigenvalue weighted by molar-refractivity contribution is 5.77. The van der Waals surface area contributed by atoms with Gasteiger partial charge in [-0.3, -0.25) is 4.79 Å². The first-order chi connectivity index (χ1) is 10.3. The molecule has 0 radical (unpaired) electrons. The van der Waals surface area contributed by atoms with Crippen molar-refractivity contribution >= 4 is 11.6 Å². The molecule has 0 aliphatic heterocycles. The molecule has 0 spiro atoms. The summed E-state index contributed by atoms with van der Waals surface area (Å²) in [5.74, 6) is 0.564. The number of ether oxygens (including phenoxy) is 1. The first kappa shape index (κ1) is 13.2. The van der Waals surface area contributed by atoms with E-state index in [2.05, 4.69) is 10.4 Å². The van der Waals surface area contributed by atoms with Gasteiger partial charge in [-0.05, 0) is 12.1 Å². The Labute approximate surface area is 121 Å². The lowest BCUT2D eigenvalue weighted by Crippen LogP contribution is -2.31. The lowest BCUT2D eigenvalue weighted by molar-refractivity contribution is -0.123. The predicted molar refractivity (Wildman–Crippen MR) is 78.1 cm³/mol. The van der Waals surface area contributed by atoms with E-state index in [-0.39, 0.29) is 12.5 Å². The first-order valence-electron chi connectivity index (χ1n) is 6.76. The number of nitrogens with zero attached hydrogens (tertiary/aromatic N) is 3. The number of carbonyl (C=O) groups excluding carboxylic acids is 1. The molecule has 0 atom stereocenters. The number of para-hydroxylation sites is 1. The van der Waals surface area contributed by atoms with E-state index in [1.807, 2.05) is 53.4 Å². The molecular weight excluding hydrogens is 268 g/mol. The van der Waals surface area contributed by atoms with Gasteiger partial charge in [-0.1, -0.05) is 18.2 Å². The van der Waals surface area contributed by atoms with Gasteiger partial charge in [0.05, 0.1) is 6.20 Å². The number of amides is 1. The van der Waals surface area contributed by atoms with Crippen LogP contribution >= 0.6 is 0 Å². The topological polar surface area (TPSA) is 60.6 Å². The second-order valence-corrected chi connectivity index (χ2v) is 4.58. The summed E-state index contributed by atoms with van der Waals surface area (Å²) in [4.78, 5) is 11.7. The largest absolute Gasteiger partial charge is 0.484 e. The minimum Gasteiger partial charge on any atom is -0.484 e. The van der Waals surface area contributed by atoms with Crippen LogP contribution in [-0.4, -0.2) is 33.2 Å². The van der Waals surface area contributed by atoms with Crippen molar-refractivity contribution in [2.24, 2.45) is 0 Å². The summed E-state index contributed by atoms with van der Waals surface area (Å²) in [5, 5.41) is 6.97. The minimum absolute atomic E-state index is 0.0256. The maximum Gasteiger partial charge on any atom is 0.258 e. The van der Waals surface area contributed by atoms with Gasteiger partial charge in [-0.2, -0.15) is 5.10 Å². The summed E-state index contributed by atoms with van der Waals surface area (Å²) in [7, 11) is 0. The molecule has 0 saturated carbocycles. The van der Waals surface area contributed by atoms with Gasteiger partial charge in [0, 0.05) is 31.5 Å². The van der Waals surface area contributed by atoms with Crippen molar-refractivity contribution in [2.45, 2.75) is 6.54 Å². The van der Waals surface area contributed by atoms with E-state index in [4.69, 9.17) is 4.74 Å². The number of imidazole rings is 1. The van der Waals surface area contributed by atoms with Crippen molar-refractivity contribution < 1.29 is 9.53 Å². The quantitative estimate of drug-likeness (QED) is 0.743. The van der Waals surface area contributed by atoms with Crippen LogP contribution in [0.3, 0.4) is 0 Å². The van der Waals surface area contributed by atoms with Crippen LogP contribution < -0.4 is 10.1 Å². The molecule has 3 rings (SSSR count). The Hall–Kier alpha value is -2.76. The molecule has 2 heterocycles. The fourth-order valence-electron chi connectivity index (χ4n) is 2.09. The molecule has 1 N–H and O–H groups in total. The Balaban J connectivity index is 1.43. The monoisotopic (exact) mass is 284 g/mol. The van der Waals surface area contributed by atoms with Crippen molar-refractivity contribution in [3.63, 3.8) is 0 Å². The molecule has 2 aromatic heterocycles. The summed E-state index contributed by atoms with van der Waals surface area (Å²) in [6, 6.07) is 11.2. The van der Waals surface area contributed by atoms with Gasteiger partial charge in [0.2, 0.25) is 0 Å². The summed E-state index contributed by atoms with van der Waals surface area (Å²) in [6.45, 7) is 1.27. The van der Waals surface area contributed by atoms with Gasteiger partial charge >= 0.3 is 0 Å². The summed E-state index contributed by atoms with van der Waals surface area (Å²) in [5.41, 5.74) is 1.00. The normalized spacial score (nSPS) is 10.7. The smallest absolute Gasteiger partial charge is 0.258 e. The van der Waals surface area contributed by atoms with Crippen LogP contribution in [0.25, 0.3) is 5.65 Å². The van der Waals surface area contributed by atoms with E-state index in [1.165, 1.54) is 0 Å². The van der Waals surface area contributed by atoms with E-state index in [9.17, 15) is 4.79 Å². The Bertz CT molecular complexity index is 717. The van der Waals surface area contributed by atoms with Crippen LogP contribution in [0.2, 0.25) is 0 Å². The Morgan fingerprint density at radius 3 is 2.90 bits per heavy atom. The van der Waals surface area contributed by atoms with Gasteiger partial charge in [0.25, 0.3) is 5.91 Å². The third-order valence-electron chi connectivity index (χ3n) is 3.12. The number of aromatic nitrogens is 3. The lowest BCUT2D eigenvalue weighted by Gasteiger charge is -2.08. The Kier molecular flexibility index (Phi) is 3.86. The van der Waals surface area contributed by atoms with Crippen molar-refractivity contribution in [1.82, 2.24) is 19.5 Å². The zero-order valence-electron chi connectivity index (χ0n) is 11.5. The standard InChI is InChI=1S/C15H16N4O2/c20-14(12-21-13-4-2-1-3-5-13)16-8-9-18-10-11-19-15(18)6-7-17-19/h1-7,10-11H,8-9,12H2,(H,16,20). The molecule has 1 aromatic carbocycles. The van der Waals surface area contributed by atoms with Crippen LogP contribution in [0.1, 0.15) is 0 Å². The molecule has 0 fully saturated rings. The van der Waals surface area contributed by atoms with Gasteiger partial charge < -0.3 is 14.6 Å². The zero-order valence-corrected chi connectivity index (χ0v) is 11.5. The molecule has 6 nitrogen and oxygen atoms in total. The number of benzene rings is 1. The molecule has 108 valence electrons. The molecule has 3 aromatic rings. The SMILES string of the molecule is O=C(COc1ccccc1)NCCn1ccn2nccc12. The number of nitrogens with one attached hydrogen (secondary N) is 1. The third-order valence-corrected chi connectivity index (χ3v) is 3.12. The van der Waals surface area contributed by atoms with E-state index in [1.54, 1.807) is 10.7 Å². The second kappa shape index (κ2) is 6.13. The highest BCUT2D eigenvalue weighted by Crippen LogP contribution is 2.07. The number of rotatable bonds is 6.